The van der Waals surface area contributed by atoms with Crippen molar-refractivity contribution in [2.45, 2.75) is 89.9 Å². The molecule has 0 nitrogen and oxygen atoms in total. The van der Waals surface area contributed by atoms with E-state index in [4.69, 9.17) is 0 Å². The monoisotopic (exact) mass is 274 g/mol. The summed E-state index contributed by atoms with van der Waals surface area (Å²) in [5, 5.41) is 0. The van der Waals surface area contributed by atoms with Gasteiger partial charge in [0, 0.05) is 0 Å². The molecule has 5 atom stereocenters. The van der Waals surface area contributed by atoms with Gasteiger partial charge in [0.2, 0.25) is 0 Å². The Morgan fingerprint density at radius 2 is 1.20 bits per heavy atom. The van der Waals surface area contributed by atoms with Crippen LogP contribution in [0.15, 0.2) is 0 Å². The van der Waals surface area contributed by atoms with E-state index in [2.05, 4.69) is 0 Å². The van der Waals surface area contributed by atoms with Crippen LogP contribution in [0.2, 0.25) is 0 Å². The van der Waals surface area contributed by atoms with Gasteiger partial charge >= 0.3 is 0 Å². The summed E-state index contributed by atoms with van der Waals surface area (Å²) in [7, 11) is 0. The van der Waals surface area contributed by atoms with Gasteiger partial charge in [0.1, 0.15) is 0 Å². The summed E-state index contributed by atoms with van der Waals surface area (Å²) >= 11 is 0. The zero-order chi connectivity index (χ0) is 13.4. The standard InChI is InChI=1S/C20H34/c1-2-7-19-14-15(13-18(19)6-1)9-10-17-12-11-16-5-3-4-8-20(16)17/h15-20H,1-14H2. The van der Waals surface area contributed by atoms with Crippen molar-refractivity contribution in [3.63, 3.8) is 0 Å². The van der Waals surface area contributed by atoms with Gasteiger partial charge in [0.05, 0.1) is 0 Å². The maximum atomic E-state index is 1.62. The van der Waals surface area contributed by atoms with Crippen molar-refractivity contribution in [3.05, 3.63) is 0 Å². The second-order valence-corrected chi connectivity index (χ2v) is 8.77. The van der Waals surface area contributed by atoms with E-state index in [1.165, 1.54) is 0 Å². The van der Waals surface area contributed by atoms with E-state index in [1.54, 1.807) is 89.9 Å². The molecule has 0 saturated heterocycles. The van der Waals surface area contributed by atoms with Crippen molar-refractivity contribution in [1.29, 1.82) is 0 Å². The topological polar surface area (TPSA) is 0 Å². The van der Waals surface area contributed by atoms with E-state index < -0.39 is 0 Å². The van der Waals surface area contributed by atoms with Gasteiger partial charge in [-0.25, -0.2) is 0 Å². The Morgan fingerprint density at radius 1 is 0.550 bits per heavy atom. The molecule has 4 rings (SSSR count). The normalized spacial score (nSPS) is 48.0. The molecule has 4 aliphatic carbocycles. The summed E-state index contributed by atoms with van der Waals surface area (Å²) in [4.78, 5) is 0. The molecular formula is C20H34. The molecule has 4 saturated carbocycles. The first-order valence-corrected chi connectivity index (χ1v) is 9.90. The van der Waals surface area contributed by atoms with Crippen LogP contribution in [0, 0.1) is 35.5 Å². The van der Waals surface area contributed by atoms with Crippen LogP contribution in [0.1, 0.15) is 89.9 Å². The van der Waals surface area contributed by atoms with Crippen LogP contribution in [-0.4, -0.2) is 0 Å². The molecule has 0 heteroatoms. The minimum atomic E-state index is 1.13. The van der Waals surface area contributed by atoms with Crippen molar-refractivity contribution in [2.24, 2.45) is 35.5 Å². The van der Waals surface area contributed by atoms with Crippen molar-refractivity contribution in [2.75, 3.05) is 0 Å². The molecular weight excluding hydrogens is 240 g/mol. The lowest BCUT2D eigenvalue weighted by atomic mass is 9.76. The van der Waals surface area contributed by atoms with Crippen molar-refractivity contribution in [3.8, 4) is 0 Å². The Kier molecular flexibility index (Phi) is 4.10. The molecule has 20 heavy (non-hydrogen) atoms. The first kappa shape index (κ1) is 13.6. The summed E-state index contributed by atoms with van der Waals surface area (Å²) in [6.45, 7) is 0. The van der Waals surface area contributed by atoms with Gasteiger partial charge in [-0.15, -0.1) is 0 Å². The van der Waals surface area contributed by atoms with E-state index in [0.29, 0.717) is 0 Å². The maximum Gasteiger partial charge on any atom is -0.0357 e. The van der Waals surface area contributed by atoms with E-state index >= 15 is 0 Å². The predicted octanol–water partition coefficient (Wildman–Crippen LogP) is 6.20. The van der Waals surface area contributed by atoms with Gasteiger partial charge in [-0.2, -0.15) is 0 Å². The van der Waals surface area contributed by atoms with Gasteiger partial charge in [-0.1, -0.05) is 51.4 Å². The molecule has 0 aliphatic heterocycles. The molecule has 0 aromatic carbocycles. The van der Waals surface area contributed by atoms with Gasteiger partial charge in [-0.3, -0.25) is 0 Å². The lowest BCUT2D eigenvalue weighted by Gasteiger charge is -2.29. The van der Waals surface area contributed by atoms with Gasteiger partial charge in [-0.05, 0) is 74.0 Å². The Hall–Kier alpha value is 0. The van der Waals surface area contributed by atoms with Crippen molar-refractivity contribution >= 4 is 0 Å². The third kappa shape index (κ3) is 2.69. The summed E-state index contributed by atoms with van der Waals surface area (Å²) in [6, 6.07) is 0. The van der Waals surface area contributed by atoms with Gasteiger partial charge in [0.15, 0.2) is 0 Å². The van der Waals surface area contributed by atoms with Gasteiger partial charge < -0.3 is 0 Å². The fourth-order valence-electron chi connectivity index (χ4n) is 6.76. The fraction of sp³-hybridized carbons (Fsp3) is 1.00. The highest BCUT2D eigenvalue weighted by atomic mass is 14.4. The molecule has 4 fully saturated rings. The van der Waals surface area contributed by atoms with Gasteiger partial charge in [0.25, 0.3) is 0 Å². The summed E-state index contributed by atoms with van der Waals surface area (Å²) in [5.74, 6) is 6.89. The van der Waals surface area contributed by atoms with Crippen LogP contribution in [-0.2, 0) is 0 Å². The van der Waals surface area contributed by atoms with Crippen LogP contribution in [0.25, 0.3) is 0 Å². The number of hydrogen-bond donors (Lipinski definition) is 0. The highest BCUT2D eigenvalue weighted by molar-refractivity contribution is 4.90. The van der Waals surface area contributed by atoms with E-state index in [0.717, 1.165) is 35.5 Å². The molecule has 4 aliphatic rings. The first-order valence-electron chi connectivity index (χ1n) is 9.90. The summed E-state index contributed by atoms with van der Waals surface area (Å²) in [6.07, 6.45) is 22.1. The Balaban J connectivity index is 1.26. The van der Waals surface area contributed by atoms with E-state index in [1.807, 2.05) is 0 Å². The molecule has 0 radical (unpaired) electrons. The van der Waals surface area contributed by atoms with Crippen LogP contribution >= 0.6 is 0 Å². The number of hydrogen-bond acceptors (Lipinski definition) is 0. The molecule has 5 unspecified atom stereocenters. The second-order valence-electron chi connectivity index (χ2n) is 8.77. The average Bonchev–Trinajstić information content (AvgIpc) is 3.08. The molecule has 0 N–H and O–H groups in total. The lowest BCUT2D eigenvalue weighted by Crippen LogP contribution is -2.19. The Morgan fingerprint density at radius 3 is 1.95 bits per heavy atom. The van der Waals surface area contributed by atoms with Crippen LogP contribution in [0.5, 0.6) is 0 Å². The molecule has 0 amide bonds. The fourth-order valence-corrected chi connectivity index (χ4v) is 6.76. The zero-order valence-electron chi connectivity index (χ0n) is 13.4. The quantitative estimate of drug-likeness (QED) is 0.575. The summed E-state index contributed by atoms with van der Waals surface area (Å²) in [5.41, 5.74) is 0. The molecule has 0 heterocycles. The highest BCUT2D eigenvalue weighted by Crippen LogP contribution is 2.50. The predicted molar refractivity (Wildman–Crippen MR) is 85.6 cm³/mol. The smallest absolute Gasteiger partial charge is 0.0357 e. The van der Waals surface area contributed by atoms with Crippen molar-refractivity contribution < 1.29 is 0 Å². The van der Waals surface area contributed by atoms with Crippen LogP contribution in [0.3, 0.4) is 0 Å². The van der Waals surface area contributed by atoms with Crippen LogP contribution in [0.4, 0.5) is 0 Å². The lowest BCUT2D eigenvalue weighted by molar-refractivity contribution is 0.212. The summed E-state index contributed by atoms with van der Waals surface area (Å²) < 4.78 is 0. The van der Waals surface area contributed by atoms with E-state index in [-0.39, 0.29) is 0 Å². The van der Waals surface area contributed by atoms with Crippen LogP contribution < -0.4 is 0 Å². The third-order valence-electron chi connectivity index (χ3n) is 7.77. The SMILES string of the molecule is C1CCC2CC(CCC3CCC4CCCCC43)CC2C1. The first-order chi connectivity index (χ1) is 9.90. The molecule has 0 aromatic rings. The van der Waals surface area contributed by atoms with E-state index in [9.17, 15) is 0 Å². The number of fused-ring (bicyclic) bond motifs is 2. The maximum absolute atomic E-state index is 1.62. The molecule has 0 spiro atoms. The largest absolute Gasteiger partial charge is 0.0530 e. The van der Waals surface area contributed by atoms with Crippen molar-refractivity contribution in [1.82, 2.24) is 0 Å². The Labute approximate surface area is 126 Å². The molecule has 0 aromatic heterocycles. The molecule has 114 valence electrons. The second kappa shape index (κ2) is 6.01. The zero-order valence-corrected chi connectivity index (χ0v) is 13.4. The molecule has 0 bridgehead atoms. The minimum absolute atomic E-state index is 1.13. The Bertz CT molecular complexity index is 306. The third-order valence-corrected chi connectivity index (χ3v) is 7.77. The highest BCUT2D eigenvalue weighted by Gasteiger charge is 2.39. The number of rotatable bonds is 3. The minimum Gasteiger partial charge on any atom is -0.0530 e. The average molecular weight is 274 g/mol.